The number of fused-ring (bicyclic) bond motifs is 1. The molecule has 2 atom stereocenters. The average molecular weight is 398 g/mol. The number of nitrogens with one attached hydrogen (secondary N) is 2. The molecule has 7 nitrogen and oxygen atoms in total. The molecule has 2 amide bonds. The Morgan fingerprint density at radius 1 is 1.31 bits per heavy atom. The van der Waals surface area contributed by atoms with E-state index in [-0.39, 0.29) is 17.9 Å². The normalized spacial score (nSPS) is 17.7. The van der Waals surface area contributed by atoms with Gasteiger partial charge in [-0.15, -0.1) is 0 Å². The molecule has 156 valence electrons. The Morgan fingerprint density at radius 2 is 2.10 bits per heavy atom. The molecule has 0 aliphatic carbocycles. The summed E-state index contributed by atoms with van der Waals surface area (Å²) in [5.74, 6) is 1.06. The van der Waals surface area contributed by atoms with E-state index < -0.39 is 6.04 Å². The van der Waals surface area contributed by atoms with Crippen LogP contribution in [0.5, 0.6) is 0 Å². The molecule has 1 aromatic carbocycles. The number of hydrogen-bond acceptors (Lipinski definition) is 5. The second kappa shape index (κ2) is 9.20. The maximum atomic E-state index is 12.9. The molecule has 0 spiro atoms. The van der Waals surface area contributed by atoms with Crippen LogP contribution >= 0.6 is 0 Å². The average Bonchev–Trinajstić information content (AvgIpc) is 3.17. The first-order chi connectivity index (χ1) is 13.9. The lowest BCUT2D eigenvalue weighted by molar-refractivity contribution is -0.136. The number of rotatable bonds is 8. The maximum Gasteiger partial charge on any atom is 0.245 e. The zero-order valence-corrected chi connectivity index (χ0v) is 17.7. The van der Waals surface area contributed by atoms with Crippen LogP contribution < -0.4 is 10.6 Å². The molecule has 2 N–H and O–H groups in total. The van der Waals surface area contributed by atoms with Crippen LogP contribution in [0.1, 0.15) is 52.0 Å². The van der Waals surface area contributed by atoms with Gasteiger partial charge in [-0.25, -0.2) is 9.97 Å². The van der Waals surface area contributed by atoms with Crippen LogP contribution in [0.25, 0.3) is 10.9 Å². The van der Waals surface area contributed by atoms with E-state index in [1.165, 1.54) is 5.56 Å². The Kier molecular flexibility index (Phi) is 6.67. The molecular formula is C22H31N5O2. The van der Waals surface area contributed by atoms with Gasteiger partial charge in [0.1, 0.15) is 6.04 Å². The number of anilines is 1. The second-order valence-corrected chi connectivity index (χ2v) is 8.38. The van der Waals surface area contributed by atoms with Gasteiger partial charge < -0.3 is 15.5 Å². The largest absolute Gasteiger partial charge is 0.352 e. The minimum Gasteiger partial charge on any atom is -0.352 e. The van der Waals surface area contributed by atoms with Gasteiger partial charge in [0.15, 0.2) is 0 Å². The standard InChI is InChI=1S/C22H31N5O2/c1-14(2)16-7-8-19-17(10-16)11-23-22(26-19)24-12-18-6-5-9-27(18)21(29)20(15(3)4)25-13-28/h7-8,10-11,13-15,18,20H,5-6,9,12H2,1-4H3,(H,25,28)(H,23,24,26)/t18-,20-/m0/s1. The zero-order chi connectivity index (χ0) is 21.0. The summed E-state index contributed by atoms with van der Waals surface area (Å²) in [5.41, 5.74) is 2.17. The van der Waals surface area contributed by atoms with Crippen molar-refractivity contribution in [1.29, 1.82) is 0 Å². The zero-order valence-electron chi connectivity index (χ0n) is 17.7. The van der Waals surface area contributed by atoms with E-state index in [0.717, 1.165) is 23.7 Å². The van der Waals surface area contributed by atoms with Crippen LogP contribution in [0.3, 0.4) is 0 Å². The van der Waals surface area contributed by atoms with Crippen molar-refractivity contribution in [2.45, 2.75) is 58.5 Å². The highest BCUT2D eigenvalue weighted by Crippen LogP contribution is 2.22. The number of likely N-dealkylation sites (tertiary alicyclic amines) is 1. The number of nitrogens with zero attached hydrogens (tertiary/aromatic N) is 3. The fraction of sp³-hybridized carbons (Fsp3) is 0.545. The van der Waals surface area contributed by atoms with Crippen molar-refractivity contribution in [3.05, 3.63) is 30.0 Å². The van der Waals surface area contributed by atoms with Gasteiger partial charge in [0.25, 0.3) is 0 Å². The van der Waals surface area contributed by atoms with Gasteiger partial charge in [0.2, 0.25) is 18.3 Å². The molecule has 0 unspecified atom stereocenters. The van der Waals surface area contributed by atoms with E-state index in [2.05, 4.69) is 46.6 Å². The maximum absolute atomic E-state index is 12.9. The van der Waals surface area contributed by atoms with Crippen molar-refractivity contribution >= 4 is 29.2 Å². The summed E-state index contributed by atoms with van der Waals surface area (Å²) in [6, 6.07) is 5.85. The first-order valence-electron chi connectivity index (χ1n) is 10.4. The number of benzene rings is 1. The molecule has 2 aromatic rings. The summed E-state index contributed by atoms with van der Waals surface area (Å²) < 4.78 is 0. The first-order valence-corrected chi connectivity index (χ1v) is 10.4. The van der Waals surface area contributed by atoms with Crippen LogP contribution in [0.2, 0.25) is 0 Å². The molecule has 1 aliphatic rings. The minimum atomic E-state index is -0.486. The summed E-state index contributed by atoms with van der Waals surface area (Å²) in [4.78, 5) is 34.7. The van der Waals surface area contributed by atoms with E-state index in [9.17, 15) is 9.59 Å². The monoisotopic (exact) mass is 397 g/mol. The topological polar surface area (TPSA) is 87.2 Å². The molecule has 0 saturated carbocycles. The molecule has 1 fully saturated rings. The predicted octanol–water partition coefficient (Wildman–Crippen LogP) is 2.93. The number of amides is 2. The van der Waals surface area contributed by atoms with Crippen LogP contribution in [-0.2, 0) is 9.59 Å². The van der Waals surface area contributed by atoms with E-state index in [1.807, 2.05) is 31.0 Å². The Morgan fingerprint density at radius 3 is 2.79 bits per heavy atom. The van der Waals surface area contributed by atoms with Gasteiger partial charge in [0, 0.05) is 30.7 Å². The van der Waals surface area contributed by atoms with Gasteiger partial charge >= 0.3 is 0 Å². The van der Waals surface area contributed by atoms with E-state index in [0.29, 0.717) is 31.4 Å². The van der Waals surface area contributed by atoms with E-state index in [1.54, 1.807) is 0 Å². The summed E-state index contributed by atoms with van der Waals surface area (Å²) in [6.45, 7) is 9.52. The molecule has 1 saturated heterocycles. The third-order valence-electron chi connectivity index (χ3n) is 5.61. The molecule has 1 aromatic heterocycles. The van der Waals surface area contributed by atoms with Crippen molar-refractivity contribution < 1.29 is 9.59 Å². The van der Waals surface area contributed by atoms with E-state index in [4.69, 9.17) is 0 Å². The molecule has 1 aliphatic heterocycles. The quantitative estimate of drug-likeness (QED) is 0.669. The Labute approximate surface area is 172 Å². The smallest absolute Gasteiger partial charge is 0.245 e. The lowest BCUT2D eigenvalue weighted by Gasteiger charge is -2.30. The minimum absolute atomic E-state index is 0.0166. The molecule has 29 heavy (non-hydrogen) atoms. The molecule has 7 heteroatoms. The molecule has 2 heterocycles. The number of hydrogen-bond donors (Lipinski definition) is 2. The molecule has 0 radical (unpaired) electrons. The van der Waals surface area contributed by atoms with E-state index >= 15 is 0 Å². The fourth-order valence-electron chi connectivity index (χ4n) is 3.84. The van der Waals surface area contributed by atoms with Gasteiger partial charge in [-0.05, 0) is 42.4 Å². The fourth-order valence-corrected chi connectivity index (χ4v) is 3.84. The number of aromatic nitrogens is 2. The second-order valence-electron chi connectivity index (χ2n) is 8.38. The van der Waals surface area contributed by atoms with Crippen molar-refractivity contribution in [3.63, 3.8) is 0 Å². The highest BCUT2D eigenvalue weighted by molar-refractivity contribution is 5.84. The Bertz CT molecular complexity index is 867. The predicted molar refractivity (Wildman–Crippen MR) is 115 cm³/mol. The van der Waals surface area contributed by atoms with Crippen LogP contribution in [-0.4, -0.2) is 52.4 Å². The summed E-state index contributed by atoms with van der Waals surface area (Å²) in [6.07, 6.45) is 4.34. The summed E-state index contributed by atoms with van der Waals surface area (Å²) >= 11 is 0. The van der Waals surface area contributed by atoms with Crippen molar-refractivity contribution in [1.82, 2.24) is 20.2 Å². The SMILES string of the molecule is CC(C)c1ccc2nc(NC[C@@H]3CCCN3C(=O)[C@@H](NC=O)C(C)C)ncc2c1. The first kappa shape index (κ1) is 21.0. The van der Waals surface area contributed by atoms with Crippen LogP contribution in [0.4, 0.5) is 5.95 Å². The highest BCUT2D eigenvalue weighted by atomic mass is 16.2. The van der Waals surface area contributed by atoms with Crippen molar-refractivity contribution in [2.24, 2.45) is 5.92 Å². The van der Waals surface area contributed by atoms with Crippen LogP contribution in [0.15, 0.2) is 24.4 Å². The van der Waals surface area contributed by atoms with Gasteiger partial charge in [-0.1, -0.05) is 33.8 Å². The lowest BCUT2D eigenvalue weighted by Crippen LogP contribution is -2.51. The number of carbonyl (C=O) groups excluding carboxylic acids is 2. The molecule has 3 rings (SSSR count). The highest BCUT2D eigenvalue weighted by Gasteiger charge is 2.34. The third-order valence-corrected chi connectivity index (χ3v) is 5.61. The molecular weight excluding hydrogens is 366 g/mol. The van der Waals surface area contributed by atoms with Crippen molar-refractivity contribution in [2.75, 3.05) is 18.4 Å². The Balaban J connectivity index is 1.67. The van der Waals surface area contributed by atoms with Gasteiger partial charge in [0.05, 0.1) is 5.52 Å². The molecule has 0 bridgehead atoms. The lowest BCUT2D eigenvalue weighted by atomic mass is 10.0. The third kappa shape index (κ3) is 4.83. The summed E-state index contributed by atoms with van der Waals surface area (Å²) in [5, 5.41) is 6.99. The van der Waals surface area contributed by atoms with Crippen molar-refractivity contribution in [3.8, 4) is 0 Å². The summed E-state index contributed by atoms with van der Waals surface area (Å²) in [7, 11) is 0. The Hall–Kier alpha value is -2.70. The number of carbonyl (C=O) groups is 2. The van der Waals surface area contributed by atoms with Gasteiger partial charge in [-0.2, -0.15) is 0 Å². The van der Waals surface area contributed by atoms with Gasteiger partial charge in [-0.3, -0.25) is 9.59 Å². The van der Waals surface area contributed by atoms with Crippen LogP contribution in [0, 0.1) is 5.92 Å².